The number of hydrogen-bond acceptors (Lipinski definition) is 2. The highest BCUT2D eigenvalue weighted by molar-refractivity contribution is 14.1. The molecule has 0 aliphatic rings. The van der Waals surface area contributed by atoms with Crippen molar-refractivity contribution in [3.05, 3.63) is 32.2 Å². The van der Waals surface area contributed by atoms with Crippen molar-refractivity contribution in [1.82, 2.24) is 4.98 Å². The zero-order chi connectivity index (χ0) is 10.3. The number of halogens is 3. The molecule has 0 saturated heterocycles. The Hall–Kier alpha value is -0.430. The first kappa shape index (κ1) is 10.1. The van der Waals surface area contributed by atoms with Crippen molar-refractivity contribution in [2.45, 2.75) is 0 Å². The standard InChI is InChI=1S/C9H5BrFIN2/c10-6-2-7(12)9(11)5-3-14-8(13)1-4(5)6/h1-3H,(H2,13,14). The molecule has 0 aliphatic heterocycles. The van der Waals surface area contributed by atoms with Gasteiger partial charge in [-0.05, 0) is 34.7 Å². The summed E-state index contributed by atoms with van der Waals surface area (Å²) < 4.78 is 15.0. The fourth-order valence-corrected chi connectivity index (χ4v) is 2.81. The summed E-state index contributed by atoms with van der Waals surface area (Å²) in [4.78, 5) is 3.86. The number of benzene rings is 1. The van der Waals surface area contributed by atoms with Crippen LogP contribution in [0.3, 0.4) is 0 Å². The number of fused-ring (bicyclic) bond motifs is 1. The molecule has 2 aromatic rings. The van der Waals surface area contributed by atoms with E-state index in [0.717, 1.165) is 9.86 Å². The van der Waals surface area contributed by atoms with Crippen LogP contribution in [0, 0.1) is 9.39 Å². The number of nitrogen functional groups attached to an aromatic ring is 1. The van der Waals surface area contributed by atoms with Gasteiger partial charge in [-0.2, -0.15) is 0 Å². The smallest absolute Gasteiger partial charge is 0.145 e. The minimum Gasteiger partial charge on any atom is -0.384 e. The number of rotatable bonds is 0. The number of aromatic nitrogens is 1. The first-order valence-corrected chi connectivity index (χ1v) is 5.65. The van der Waals surface area contributed by atoms with Crippen LogP contribution in [0.15, 0.2) is 22.8 Å². The number of nitrogens with zero attached hydrogens (tertiary/aromatic N) is 1. The maximum atomic E-state index is 13.6. The van der Waals surface area contributed by atoms with Gasteiger partial charge < -0.3 is 5.73 Å². The van der Waals surface area contributed by atoms with Crippen LogP contribution in [0.4, 0.5) is 10.2 Å². The van der Waals surface area contributed by atoms with Crippen LogP contribution in [0.2, 0.25) is 0 Å². The summed E-state index contributed by atoms with van der Waals surface area (Å²) in [7, 11) is 0. The predicted molar refractivity (Wildman–Crippen MR) is 66.5 cm³/mol. The summed E-state index contributed by atoms with van der Waals surface area (Å²) in [6.07, 6.45) is 1.45. The van der Waals surface area contributed by atoms with E-state index in [9.17, 15) is 4.39 Å². The molecule has 0 fully saturated rings. The number of nitrogens with two attached hydrogens (primary N) is 1. The van der Waals surface area contributed by atoms with E-state index in [2.05, 4.69) is 20.9 Å². The Morgan fingerprint density at radius 3 is 2.79 bits per heavy atom. The summed E-state index contributed by atoms with van der Waals surface area (Å²) in [5, 5.41) is 1.23. The Morgan fingerprint density at radius 2 is 2.07 bits per heavy atom. The van der Waals surface area contributed by atoms with Crippen LogP contribution in [0.25, 0.3) is 10.8 Å². The maximum absolute atomic E-state index is 13.6. The van der Waals surface area contributed by atoms with Gasteiger partial charge in [0, 0.05) is 21.4 Å². The second kappa shape index (κ2) is 3.62. The summed E-state index contributed by atoms with van der Waals surface area (Å²) in [5.41, 5.74) is 5.52. The van der Waals surface area contributed by atoms with Crippen LogP contribution in [-0.4, -0.2) is 4.98 Å². The van der Waals surface area contributed by atoms with Crippen LogP contribution in [-0.2, 0) is 0 Å². The molecule has 2 rings (SSSR count). The Morgan fingerprint density at radius 1 is 1.36 bits per heavy atom. The summed E-state index contributed by atoms with van der Waals surface area (Å²) in [5.74, 6) is 0.134. The second-order valence-electron chi connectivity index (χ2n) is 2.81. The Bertz CT molecular complexity index is 516. The fourth-order valence-electron chi connectivity index (χ4n) is 1.23. The molecule has 0 aliphatic carbocycles. The van der Waals surface area contributed by atoms with Crippen molar-refractivity contribution in [2.75, 3.05) is 5.73 Å². The highest BCUT2D eigenvalue weighted by atomic mass is 127. The van der Waals surface area contributed by atoms with Gasteiger partial charge in [0.1, 0.15) is 11.6 Å². The lowest BCUT2D eigenvalue weighted by molar-refractivity contribution is 0.632. The first-order valence-electron chi connectivity index (χ1n) is 3.78. The minimum atomic E-state index is -0.253. The zero-order valence-electron chi connectivity index (χ0n) is 6.89. The van der Waals surface area contributed by atoms with Gasteiger partial charge in [0.2, 0.25) is 0 Å². The van der Waals surface area contributed by atoms with E-state index in [4.69, 9.17) is 5.73 Å². The normalized spacial score (nSPS) is 10.8. The molecule has 0 saturated carbocycles. The van der Waals surface area contributed by atoms with Crippen molar-refractivity contribution in [1.29, 1.82) is 0 Å². The van der Waals surface area contributed by atoms with Crippen LogP contribution in [0.5, 0.6) is 0 Å². The van der Waals surface area contributed by atoms with E-state index in [1.54, 1.807) is 12.1 Å². The Labute approximate surface area is 102 Å². The van der Waals surface area contributed by atoms with Gasteiger partial charge in [-0.3, -0.25) is 0 Å². The monoisotopic (exact) mass is 366 g/mol. The number of pyridine rings is 1. The second-order valence-corrected chi connectivity index (χ2v) is 4.83. The van der Waals surface area contributed by atoms with E-state index < -0.39 is 0 Å². The molecule has 14 heavy (non-hydrogen) atoms. The fraction of sp³-hybridized carbons (Fsp3) is 0. The predicted octanol–water partition coefficient (Wildman–Crippen LogP) is 3.32. The Balaban J connectivity index is 2.94. The van der Waals surface area contributed by atoms with E-state index in [1.807, 2.05) is 22.6 Å². The zero-order valence-corrected chi connectivity index (χ0v) is 10.6. The average Bonchev–Trinajstić information content (AvgIpc) is 2.14. The summed E-state index contributed by atoms with van der Waals surface area (Å²) in [6.45, 7) is 0. The highest BCUT2D eigenvalue weighted by Crippen LogP contribution is 2.30. The molecule has 0 amide bonds. The van der Waals surface area contributed by atoms with Crippen molar-refractivity contribution < 1.29 is 4.39 Å². The van der Waals surface area contributed by atoms with Gasteiger partial charge in [0.15, 0.2) is 0 Å². The SMILES string of the molecule is Nc1cc2c(Br)cc(I)c(F)c2cn1. The number of anilines is 1. The molecular formula is C9H5BrFIN2. The van der Waals surface area contributed by atoms with Gasteiger partial charge in [0.25, 0.3) is 0 Å². The topological polar surface area (TPSA) is 38.9 Å². The molecule has 0 spiro atoms. The lowest BCUT2D eigenvalue weighted by Crippen LogP contribution is -1.92. The molecule has 0 atom stereocenters. The molecule has 0 unspecified atom stereocenters. The molecular weight excluding hydrogens is 362 g/mol. The maximum Gasteiger partial charge on any atom is 0.145 e. The largest absolute Gasteiger partial charge is 0.384 e. The van der Waals surface area contributed by atoms with Gasteiger partial charge >= 0.3 is 0 Å². The quantitative estimate of drug-likeness (QED) is 0.573. The molecule has 1 aromatic carbocycles. The van der Waals surface area contributed by atoms with Crippen molar-refractivity contribution in [3.63, 3.8) is 0 Å². The molecule has 2 N–H and O–H groups in total. The Kier molecular flexibility index (Phi) is 2.61. The lowest BCUT2D eigenvalue weighted by Gasteiger charge is -2.04. The third kappa shape index (κ3) is 1.58. The molecule has 72 valence electrons. The van der Waals surface area contributed by atoms with Gasteiger partial charge in [-0.1, -0.05) is 15.9 Å². The third-order valence-electron chi connectivity index (χ3n) is 1.88. The highest BCUT2D eigenvalue weighted by Gasteiger charge is 2.09. The van der Waals surface area contributed by atoms with Crippen molar-refractivity contribution >= 4 is 55.1 Å². The number of hydrogen-bond donors (Lipinski definition) is 1. The molecule has 1 heterocycles. The van der Waals surface area contributed by atoms with Gasteiger partial charge in [-0.25, -0.2) is 9.37 Å². The van der Waals surface area contributed by atoms with Gasteiger partial charge in [0.05, 0.1) is 3.57 Å². The molecule has 1 aromatic heterocycles. The minimum absolute atomic E-state index is 0.253. The average molecular weight is 367 g/mol. The van der Waals surface area contributed by atoms with E-state index >= 15 is 0 Å². The molecule has 0 bridgehead atoms. The first-order chi connectivity index (χ1) is 6.59. The van der Waals surface area contributed by atoms with E-state index in [-0.39, 0.29) is 5.82 Å². The molecule has 2 nitrogen and oxygen atoms in total. The van der Waals surface area contributed by atoms with Gasteiger partial charge in [-0.15, -0.1) is 0 Å². The van der Waals surface area contributed by atoms with Crippen LogP contribution < -0.4 is 5.73 Å². The molecule has 5 heteroatoms. The third-order valence-corrected chi connectivity index (χ3v) is 3.32. The van der Waals surface area contributed by atoms with Crippen molar-refractivity contribution in [2.24, 2.45) is 0 Å². The lowest BCUT2D eigenvalue weighted by atomic mass is 10.2. The summed E-state index contributed by atoms with van der Waals surface area (Å²) in [6, 6.07) is 3.37. The van der Waals surface area contributed by atoms with Crippen molar-refractivity contribution in [3.8, 4) is 0 Å². The van der Waals surface area contributed by atoms with E-state index in [0.29, 0.717) is 14.8 Å². The van der Waals surface area contributed by atoms with E-state index in [1.165, 1.54) is 6.20 Å². The summed E-state index contributed by atoms with van der Waals surface area (Å²) >= 11 is 5.30. The van der Waals surface area contributed by atoms with Crippen LogP contribution >= 0.6 is 38.5 Å². The van der Waals surface area contributed by atoms with Crippen LogP contribution in [0.1, 0.15) is 0 Å². The molecule has 0 radical (unpaired) electrons.